The van der Waals surface area contributed by atoms with Crippen molar-refractivity contribution in [3.63, 3.8) is 0 Å². The molecular weight excluding hydrogens is 314 g/mol. The second-order valence-electron chi connectivity index (χ2n) is 5.19. The molecule has 0 radical (unpaired) electrons. The van der Waals surface area contributed by atoms with Crippen LogP contribution in [0.3, 0.4) is 0 Å². The zero-order chi connectivity index (χ0) is 17.5. The van der Waals surface area contributed by atoms with Crippen molar-refractivity contribution in [3.05, 3.63) is 36.0 Å². The van der Waals surface area contributed by atoms with E-state index in [-0.39, 0.29) is 19.6 Å². The Bertz CT molecular complexity index is 707. The summed E-state index contributed by atoms with van der Waals surface area (Å²) < 4.78 is 4.80. The lowest BCUT2D eigenvalue weighted by Crippen LogP contribution is -2.46. The summed E-state index contributed by atoms with van der Waals surface area (Å²) in [6.45, 7) is -0.108. The molecule has 0 aliphatic rings. The lowest BCUT2D eigenvalue weighted by molar-refractivity contribution is -0.142. The molecule has 0 aliphatic carbocycles. The Balaban J connectivity index is 1.88. The van der Waals surface area contributed by atoms with E-state index >= 15 is 0 Å². The number of carbonyl (C=O) groups is 3. The van der Waals surface area contributed by atoms with Gasteiger partial charge in [-0.3, -0.25) is 9.59 Å². The third-order valence-electron chi connectivity index (χ3n) is 3.43. The summed E-state index contributed by atoms with van der Waals surface area (Å²) in [6.07, 6.45) is 0.146. The molecule has 1 aromatic heterocycles. The first-order valence-electron chi connectivity index (χ1n) is 7.38. The smallest absolute Gasteiger partial charge is 0.326 e. The monoisotopic (exact) mass is 333 g/mol. The zero-order valence-corrected chi connectivity index (χ0v) is 13.2. The summed E-state index contributed by atoms with van der Waals surface area (Å²) in [6, 6.07) is 8.04. The SMILES string of the molecule is COCCC(NC(=O)CNC(=O)c1cc2ccccc2[nH]1)C(=O)O. The van der Waals surface area contributed by atoms with E-state index in [0.29, 0.717) is 5.69 Å². The number of carboxylic acid groups (broad SMARTS) is 1. The van der Waals surface area contributed by atoms with Gasteiger partial charge in [-0.05, 0) is 12.1 Å². The number of aromatic amines is 1. The molecule has 2 amide bonds. The highest BCUT2D eigenvalue weighted by Crippen LogP contribution is 2.14. The van der Waals surface area contributed by atoms with Crippen molar-refractivity contribution in [1.29, 1.82) is 0 Å². The Morgan fingerprint density at radius 1 is 1.29 bits per heavy atom. The van der Waals surface area contributed by atoms with Crippen molar-refractivity contribution in [1.82, 2.24) is 15.6 Å². The molecule has 2 rings (SSSR count). The van der Waals surface area contributed by atoms with Crippen LogP contribution >= 0.6 is 0 Å². The third kappa shape index (κ3) is 4.56. The van der Waals surface area contributed by atoms with Gasteiger partial charge in [0.1, 0.15) is 11.7 Å². The highest BCUT2D eigenvalue weighted by molar-refractivity contribution is 5.99. The fourth-order valence-electron chi connectivity index (χ4n) is 2.19. The molecule has 0 saturated carbocycles. The molecule has 0 spiro atoms. The second kappa shape index (κ2) is 8.11. The number of methoxy groups -OCH3 is 1. The predicted octanol–water partition coefficient (Wildman–Crippen LogP) is 0.504. The molecule has 24 heavy (non-hydrogen) atoms. The first-order valence-corrected chi connectivity index (χ1v) is 7.38. The van der Waals surface area contributed by atoms with Crippen molar-refractivity contribution in [2.75, 3.05) is 20.3 Å². The van der Waals surface area contributed by atoms with Crippen LogP contribution in [0.1, 0.15) is 16.9 Å². The number of benzene rings is 1. The van der Waals surface area contributed by atoms with Crippen molar-refractivity contribution in [3.8, 4) is 0 Å². The Morgan fingerprint density at radius 2 is 2.04 bits per heavy atom. The Labute approximate surface area is 138 Å². The number of rotatable bonds is 8. The normalized spacial score (nSPS) is 11.9. The molecule has 4 N–H and O–H groups in total. The molecule has 1 atom stereocenters. The average Bonchev–Trinajstić information content (AvgIpc) is 3.00. The molecule has 8 nitrogen and oxygen atoms in total. The van der Waals surface area contributed by atoms with Crippen LogP contribution in [-0.2, 0) is 14.3 Å². The van der Waals surface area contributed by atoms with Crippen LogP contribution in [0.15, 0.2) is 30.3 Å². The maximum Gasteiger partial charge on any atom is 0.326 e. The summed E-state index contributed by atoms with van der Waals surface area (Å²) >= 11 is 0. The van der Waals surface area contributed by atoms with Crippen LogP contribution in [-0.4, -0.2) is 54.2 Å². The predicted molar refractivity (Wildman–Crippen MR) is 86.7 cm³/mol. The van der Waals surface area contributed by atoms with Gasteiger partial charge in [-0.15, -0.1) is 0 Å². The van der Waals surface area contributed by atoms with Gasteiger partial charge in [-0.25, -0.2) is 4.79 Å². The fraction of sp³-hybridized carbons (Fsp3) is 0.312. The molecule has 0 saturated heterocycles. The van der Waals surface area contributed by atoms with E-state index in [4.69, 9.17) is 9.84 Å². The van der Waals surface area contributed by atoms with Crippen LogP contribution in [0.5, 0.6) is 0 Å². The van der Waals surface area contributed by atoms with E-state index in [1.54, 1.807) is 6.07 Å². The molecule has 0 bridgehead atoms. The first kappa shape index (κ1) is 17.5. The summed E-state index contributed by atoms with van der Waals surface area (Å²) in [4.78, 5) is 37.8. The maximum absolute atomic E-state index is 12.1. The molecular formula is C16H19N3O5. The second-order valence-corrected chi connectivity index (χ2v) is 5.19. The van der Waals surface area contributed by atoms with Crippen LogP contribution in [0.2, 0.25) is 0 Å². The Morgan fingerprint density at radius 3 is 2.71 bits per heavy atom. The summed E-state index contributed by atoms with van der Waals surface area (Å²) in [5.74, 6) is -2.17. The molecule has 0 fully saturated rings. The first-order chi connectivity index (χ1) is 11.5. The molecule has 1 heterocycles. The topological polar surface area (TPSA) is 121 Å². The quantitative estimate of drug-likeness (QED) is 0.561. The lowest BCUT2D eigenvalue weighted by atomic mass is 10.2. The van der Waals surface area contributed by atoms with Crippen molar-refractivity contribution < 1.29 is 24.2 Å². The van der Waals surface area contributed by atoms with Gasteiger partial charge in [0.05, 0.1) is 6.54 Å². The van der Waals surface area contributed by atoms with Crippen molar-refractivity contribution in [2.24, 2.45) is 0 Å². The number of hydrogen-bond donors (Lipinski definition) is 4. The third-order valence-corrected chi connectivity index (χ3v) is 3.43. The number of hydrogen-bond acceptors (Lipinski definition) is 4. The van der Waals surface area contributed by atoms with E-state index in [2.05, 4.69) is 15.6 Å². The Kier molecular flexibility index (Phi) is 5.91. The van der Waals surface area contributed by atoms with Gasteiger partial charge in [0.25, 0.3) is 5.91 Å². The van der Waals surface area contributed by atoms with E-state index in [9.17, 15) is 14.4 Å². The molecule has 128 valence electrons. The summed E-state index contributed by atoms with van der Waals surface area (Å²) in [5, 5.41) is 14.7. The molecule has 0 aliphatic heterocycles. The van der Waals surface area contributed by atoms with Gasteiger partial charge in [0.2, 0.25) is 5.91 Å². The summed E-state index contributed by atoms with van der Waals surface area (Å²) in [5.41, 5.74) is 1.15. The number of aromatic nitrogens is 1. The van der Waals surface area contributed by atoms with Gasteiger partial charge in [0, 0.05) is 31.0 Å². The van der Waals surface area contributed by atoms with Crippen molar-refractivity contribution >= 4 is 28.7 Å². The average molecular weight is 333 g/mol. The molecule has 1 aromatic carbocycles. The molecule has 8 heteroatoms. The van der Waals surface area contributed by atoms with E-state index in [1.807, 2.05) is 24.3 Å². The van der Waals surface area contributed by atoms with Crippen LogP contribution in [0.4, 0.5) is 0 Å². The van der Waals surface area contributed by atoms with Crippen molar-refractivity contribution in [2.45, 2.75) is 12.5 Å². The number of carboxylic acids is 1. The number of aliphatic carboxylic acids is 1. The number of fused-ring (bicyclic) bond motifs is 1. The minimum atomic E-state index is -1.15. The van der Waals surface area contributed by atoms with Crippen LogP contribution in [0, 0.1) is 0 Å². The number of H-pyrrole nitrogens is 1. The number of para-hydroxylation sites is 1. The molecule has 2 aromatic rings. The van der Waals surface area contributed by atoms with E-state index < -0.39 is 23.8 Å². The van der Waals surface area contributed by atoms with Gasteiger partial charge in [-0.1, -0.05) is 18.2 Å². The largest absolute Gasteiger partial charge is 0.480 e. The van der Waals surface area contributed by atoms with Gasteiger partial charge < -0.3 is 25.5 Å². The number of amides is 2. The minimum absolute atomic E-state index is 0.146. The number of carbonyl (C=O) groups excluding carboxylic acids is 2. The van der Waals surface area contributed by atoms with E-state index in [0.717, 1.165) is 10.9 Å². The van der Waals surface area contributed by atoms with Crippen LogP contribution < -0.4 is 10.6 Å². The lowest BCUT2D eigenvalue weighted by Gasteiger charge is -2.14. The summed E-state index contributed by atoms with van der Waals surface area (Å²) in [7, 11) is 1.45. The zero-order valence-electron chi connectivity index (χ0n) is 13.2. The van der Waals surface area contributed by atoms with Gasteiger partial charge in [0.15, 0.2) is 0 Å². The standard InChI is InChI=1S/C16H19N3O5/c1-24-7-6-12(16(22)23)19-14(20)9-17-15(21)13-8-10-4-2-3-5-11(10)18-13/h2-5,8,12,18H,6-7,9H2,1H3,(H,17,21)(H,19,20)(H,22,23). The van der Waals surface area contributed by atoms with E-state index in [1.165, 1.54) is 7.11 Å². The van der Waals surface area contributed by atoms with Gasteiger partial charge >= 0.3 is 5.97 Å². The molecule has 1 unspecified atom stereocenters. The number of ether oxygens (including phenoxy) is 1. The van der Waals surface area contributed by atoms with Crippen LogP contribution in [0.25, 0.3) is 10.9 Å². The Hall–Kier alpha value is -2.87. The minimum Gasteiger partial charge on any atom is -0.480 e. The van der Waals surface area contributed by atoms with Gasteiger partial charge in [-0.2, -0.15) is 0 Å². The highest BCUT2D eigenvalue weighted by Gasteiger charge is 2.20. The highest BCUT2D eigenvalue weighted by atomic mass is 16.5. The fourth-order valence-corrected chi connectivity index (χ4v) is 2.19. The maximum atomic E-state index is 12.1. The number of nitrogens with one attached hydrogen (secondary N) is 3.